The third-order valence-corrected chi connectivity index (χ3v) is 5.48. The van der Waals surface area contributed by atoms with Gasteiger partial charge in [0, 0.05) is 30.7 Å². The number of hydrogen-bond acceptors (Lipinski definition) is 7. The minimum atomic E-state index is -0.177. The number of rotatable bonds is 8. The number of carbonyl (C=O) groups excluding carboxylic acids is 1. The fourth-order valence-electron chi connectivity index (χ4n) is 3.50. The van der Waals surface area contributed by atoms with Gasteiger partial charge in [0.15, 0.2) is 0 Å². The van der Waals surface area contributed by atoms with Crippen molar-refractivity contribution in [2.75, 3.05) is 11.9 Å². The van der Waals surface area contributed by atoms with Crippen LogP contribution in [0.3, 0.4) is 0 Å². The van der Waals surface area contributed by atoms with Crippen molar-refractivity contribution in [3.05, 3.63) is 71.9 Å². The van der Waals surface area contributed by atoms with Gasteiger partial charge in [0.1, 0.15) is 0 Å². The van der Waals surface area contributed by atoms with Crippen LogP contribution in [-0.2, 0) is 18.6 Å². The lowest BCUT2D eigenvalue weighted by Gasteiger charge is -2.18. The summed E-state index contributed by atoms with van der Waals surface area (Å²) in [5, 5.41) is 23.6. The van der Waals surface area contributed by atoms with Crippen molar-refractivity contribution in [2.45, 2.75) is 46.3 Å². The quantitative estimate of drug-likeness (QED) is 0.358. The van der Waals surface area contributed by atoms with Gasteiger partial charge in [0.2, 0.25) is 5.95 Å². The molecule has 1 aromatic carbocycles. The van der Waals surface area contributed by atoms with Crippen LogP contribution in [0.25, 0.3) is 11.3 Å². The molecule has 0 radical (unpaired) electrons. The van der Waals surface area contributed by atoms with Gasteiger partial charge in [0.25, 0.3) is 5.91 Å². The number of carbonyl (C=O) groups is 1. The smallest absolute Gasteiger partial charge is 0.254 e. The molecule has 182 valence electrons. The molecule has 0 spiro atoms. The van der Waals surface area contributed by atoms with Crippen LogP contribution in [0.1, 0.15) is 42.3 Å². The first-order chi connectivity index (χ1) is 16.7. The van der Waals surface area contributed by atoms with E-state index < -0.39 is 0 Å². The van der Waals surface area contributed by atoms with E-state index in [1.165, 1.54) is 0 Å². The molecule has 0 fully saturated rings. The zero-order valence-corrected chi connectivity index (χ0v) is 20.4. The number of aliphatic hydroxyl groups is 1. The Labute approximate surface area is 204 Å². The minimum absolute atomic E-state index is 0.0219. The molecule has 3 heterocycles. The van der Waals surface area contributed by atoms with Crippen molar-refractivity contribution in [1.82, 2.24) is 34.8 Å². The molecule has 3 N–H and O–H groups in total. The molecule has 10 nitrogen and oxygen atoms in total. The first-order valence-electron chi connectivity index (χ1n) is 11.4. The minimum Gasteiger partial charge on any atom is -0.394 e. The van der Waals surface area contributed by atoms with Crippen LogP contribution < -0.4 is 10.6 Å². The van der Waals surface area contributed by atoms with E-state index in [9.17, 15) is 4.79 Å². The molecule has 0 aliphatic carbocycles. The molecule has 0 unspecified atom stereocenters. The van der Waals surface area contributed by atoms with E-state index in [1.807, 2.05) is 52.0 Å². The summed E-state index contributed by atoms with van der Waals surface area (Å²) in [7, 11) is 0. The Morgan fingerprint density at radius 1 is 1.11 bits per heavy atom. The fraction of sp³-hybridized carbons (Fsp3) is 0.320. The zero-order chi connectivity index (χ0) is 25.0. The Hall–Kier alpha value is -4.05. The number of amides is 1. The maximum Gasteiger partial charge on any atom is 0.254 e. The van der Waals surface area contributed by atoms with Crippen molar-refractivity contribution in [3.8, 4) is 11.3 Å². The second-order valence-electron chi connectivity index (χ2n) is 9.27. The van der Waals surface area contributed by atoms with Crippen molar-refractivity contribution in [2.24, 2.45) is 0 Å². The molecule has 3 aromatic heterocycles. The Kier molecular flexibility index (Phi) is 6.92. The van der Waals surface area contributed by atoms with E-state index >= 15 is 0 Å². The summed E-state index contributed by atoms with van der Waals surface area (Å²) in [6.07, 6.45) is 8.50. The van der Waals surface area contributed by atoms with E-state index in [4.69, 9.17) is 5.11 Å². The molecular weight excluding hydrogens is 444 g/mol. The Morgan fingerprint density at radius 2 is 1.94 bits per heavy atom. The molecule has 1 amide bonds. The molecule has 4 rings (SSSR count). The summed E-state index contributed by atoms with van der Waals surface area (Å²) in [6.45, 7) is 8.99. The molecule has 0 saturated carbocycles. The van der Waals surface area contributed by atoms with Crippen molar-refractivity contribution < 1.29 is 9.90 Å². The molecule has 0 bridgehead atoms. The lowest BCUT2D eigenvalue weighted by molar-refractivity contribution is 0.0950. The Morgan fingerprint density at radius 3 is 2.66 bits per heavy atom. The molecule has 10 heteroatoms. The molecule has 35 heavy (non-hydrogen) atoms. The number of nitrogens with zero attached hydrogens (tertiary/aromatic N) is 6. The number of aliphatic hydroxyl groups excluding tert-OH is 1. The lowest BCUT2D eigenvalue weighted by Crippen LogP contribution is -2.24. The third-order valence-electron chi connectivity index (χ3n) is 5.48. The number of aromatic nitrogens is 6. The van der Waals surface area contributed by atoms with E-state index in [0.29, 0.717) is 24.6 Å². The largest absolute Gasteiger partial charge is 0.394 e. The number of aryl methyl sites for hydroxylation is 1. The summed E-state index contributed by atoms with van der Waals surface area (Å²) in [6, 6.07) is 7.88. The van der Waals surface area contributed by atoms with E-state index in [0.717, 1.165) is 28.1 Å². The normalized spacial score (nSPS) is 11.5. The lowest BCUT2D eigenvalue weighted by atomic mass is 10.0. The van der Waals surface area contributed by atoms with Gasteiger partial charge in [-0.05, 0) is 51.0 Å². The standard InChI is InChI=1S/C25H30N8O2/c1-17-11-18(22-7-8-26-24(31-22)30-21-14-28-32(16-21)9-10-34)5-6-19(17)12-27-23(35)20-13-29-33(15-20)25(2,3)4/h5-8,11,13-16,34H,9-10,12H2,1-4H3,(H,27,35)(H,26,30,31). The monoisotopic (exact) mass is 474 g/mol. The van der Waals surface area contributed by atoms with Gasteiger partial charge < -0.3 is 15.7 Å². The SMILES string of the molecule is Cc1cc(-c2ccnc(Nc3cnn(CCO)c3)n2)ccc1CNC(=O)c1cnn(C(C)(C)C)c1. The summed E-state index contributed by atoms with van der Waals surface area (Å²) >= 11 is 0. The van der Waals surface area contributed by atoms with E-state index in [2.05, 4.69) is 30.8 Å². The zero-order valence-electron chi connectivity index (χ0n) is 20.4. The Balaban J connectivity index is 1.42. The van der Waals surface area contributed by atoms with Gasteiger partial charge in [0.05, 0.1) is 48.0 Å². The highest BCUT2D eigenvalue weighted by Crippen LogP contribution is 2.22. The third kappa shape index (κ3) is 5.90. The van der Waals surface area contributed by atoms with Gasteiger partial charge in [-0.25, -0.2) is 9.97 Å². The second-order valence-corrected chi connectivity index (χ2v) is 9.27. The fourth-order valence-corrected chi connectivity index (χ4v) is 3.50. The second kappa shape index (κ2) is 10.1. The van der Waals surface area contributed by atoms with Crippen LogP contribution in [-0.4, -0.2) is 47.1 Å². The van der Waals surface area contributed by atoms with Crippen LogP contribution in [0, 0.1) is 6.92 Å². The van der Waals surface area contributed by atoms with Crippen LogP contribution >= 0.6 is 0 Å². The average molecular weight is 475 g/mol. The van der Waals surface area contributed by atoms with E-state index in [1.54, 1.807) is 40.3 Å². The van der Waals surface area contributed by atoms with Crippen LogP contribution in [0.5, 0.6) is 0 Å². The molecule has 0 aliphatic rings. The maximum atomic E-state index is 12.6. The summed E-state index contributed by atoms with van der Waals surface area (Å²) in [5.41, 5.74) is 4.90. The van der Waals surface area contributed by atoms with Gasteiger partial charge in [-0.15, -0.1) is 0 Å². The van der Waals surface area contributed by atoms with Crippen LogP contribution in [0.2, 0.25) is 0 Å². The Bertz CT molecular complexity index is 1320. The first-order valence-corrected chi connectivity index (χ1v) is 11.4. The predicted octanol–water partition coefficient (Wildman–Crippen LogP) is 3.27. The molecular formula is C25H30N8O2. The predicted molar refractivity (Wildman–Crippen MR) is 133 cm³/mol. The number of anilines is 2. The van der Waals surface area contributed by atoms with Gasteiger partial charge in [-0.3, -0.25) is 14.2 Å². The summed E-state index contributed by atoms with van der Waals surface area (Å²) in [4.78, 5) is 21.5. The highest BCUT2D eigenvalue weighted by atomic mass is 16.3. The molecule has 0 saturated heterocycles. The number of nitrogens with one attached hydrogen (secondary N) is 2. The average Bonchev–Trinajstić information content (AvgIpc) is 3.49. The van der Waals surface area contributed by atoms with Crippen molar-refractivity contribution in [1.29, 1.82) is 0 Å². The molecule has 0 aliphatic heterocycles. The van der Waals surface area contributed by atoms with Crippen molar-refractivity contribution >= 4 is 17.5 Å². The number of hydrogen-bond donors (Lipinski definition) is 3. The number of benzene rings is 1. The van der Waals surface area contributed by atoms with Gasteiger partial charge in [-0.2, -0.15) is 10.2 Å². The van der Waals surface area contributed by atoms with E-state index in [-0.39, 0.29) is 18.1 Å². The molecule has 4 aromatic rings. The van der Waals surface area contributed by atoms with Crippen LogP contribution in [0.4, 0.5) is 11.6 Å². The highest BCUT2D eigenvalue weighted by Gasteiger charge is 2.17. The molecule has 0 atom stereocenters. The topological polar surface area (TPSA) is 123 Å². The summed E-state index contributed by atoms with van der Waals surface area (Å²) < 4.78 is 3.43. The highest BCUT2D eigenvalue weighted by molar-refractivity contribution is 5.93. The van der Waals surface area contributed by atoms with Crippen molar-refractivity contribution in [3.63, 3.8) is 0 Å². The summed E-state index contributed by atoms with van der Waals surface area (Å²) in [5.74, 6) is 0.300. The van der Waals surface area contributed by atoms with Gasteiger partial charge >= 0.3 is 0 Å². The van der Waals surface area contributed by atoms with Gasteiger partial charge in [-0.1, -0.05) is 12.1 Å². The van der Waals surface area contributed by atoms with Crippen LogP contribution in [0.15, 0.2) is 55.2 Å². The maximum absolute atomic E-state index is 12.6. The first kappa shape index (κ1) is 24.1.